The average molecular weight is 319 g/mol. The molecule has 3 rings (SSSR count). The Balaban J connectivity index is 1.91. The summed E-state index contributed by atoms with van der Waals surface area (Å²) >= 11 is 6.11. The second-order valence-electron chi connectivity index (χ2n) is 5.11. The molecular weight excluding hydrogens is 304 g/mol. The van der Waals surface area contributed by atoms with Crippen LogP contribution < -0.4 is 11.1 Å². The van der Waals surface area contributed by atoms with E-state index in [1.54, 1.807) is 24.3 Å². The van der Waals surface area contributed by atoms with Gasteiger partial charge in [0.25, 0.3) is 0 Å². The van der Waals surface area contributed by atoms with Crippen LogP contribution in [0.3, 0.4) is 0 Å². The van der Waals surface area contributed by atoms with E-state index in [2.05, 4.69) is 20.3 Å². The summed E-state index contributed by atoms with van der Waals surface area (Å²) < 4.78 is 0. The van der Waals surface area contributed by atoms with Crippen molar-refractivity contribution >= 4 is 29.1 Å². The number of nitrogens with one attached hydrogen (secondary N) is 1. The minimum Gasteiger partial charge on any atom is -0.382 e. The number of amides is 1. The number of aromatic nitrogens is 3. The second kappa shape index (κ2) is 5.76. The number of anilines is 2. The number of carbonyl (C=O) groups excluding carboxylic acids is 1. The lowest BCUT2D eigenvalue weighted by Gasteiger charge is -2.26. The molecule has 0 saturated carbocycles. The molecule has 1 saturated heterocycles. The van der Waals surface area contributed by atoms with Gasteiger partial charge in [-0.3, -0.25) is 9.78 Å². The summed E-state index contributed by atoms with van der Waals surface area (Å²) in [5.41, 5.74) is 6.64. The zero-order chi connectivity index (χ0) is 15.7. The predicted octanol–water partition coefficient (Wildman–Crippen LogP) is 1.49. The van der Waals surface area contributed by atoms with E-state index in [0.29, 0.717) is 12.2 Å². The molecule has 7 nitrogen and oxygen atoms in total. The highest BCUT2D eigenvalue weighted by atomic mass is 35.5. The van der Waals surface area contributed by atoms with Crippen molar-refractivity contribution in [3.8, 4) is 0 Å². The summed E-state index contributed by atoms with van der Waals surface area (Å²) in [6.45, 7) is 0. The van der Waals surface area contributed by atoms with E-state index in [-0.39, 0.29) is 28.8 Å². The molecule has 2 atom stereocenters. The maximum atomic E-state index is 12.1. The third kappa shape index (κ3) is 2.55. The van der Waals surface area contributed by atoms with Crippen LogP contribution in [0.5, 0.6) is 0 Å². The van der Waals surface area contributed by atoms with Gasteiger partial charge in [0.05, 0.1) is 12.1 Å². The summed E-state index contributed by atoms with van der Waals surface area (Å²) in [6.07, 6.45) is 5.13. The first kappa shape index (κ1) is 14.5. The topological polar surface area (TPSA) is 97.0 Å². The standard InChI is InChI=1S/C14H15ClN6O/c1-21-10(22)5-9(12(21)8-3-2-4-17-6-8)20-14-11(15)13(16)18-7-19-14/h2-4,6-7,9,12H,5H2,1H3,(H3,16,18,19,20)/t9-,12+/m1/s1. The maximum Gasteiger partial charge on any atom is 0.225 e. The van der Waals surface area contributed by atoms with Crippen LogP contribution in [0.4, 0.5) is 11.6 Å². The Morgan fingerprint density at radius 3 is 3.00 bits per heavy atom. The van der Waals surface area contributed by atoms with Crippen LogP contribution in [0.2, 0.25) is 5.02 Å². The van der Waals surface area contributed by atoms with E-state index >= 15 is 0 Å². The number of nitrogens with two attached hydrogens (primary N) is 1. The number of nitrogens with zero attached hydrogens (tertiary/aromatic N) is 4. The highest BCUT2D eigenvalue weighted by molar-refractivity contribution is 6.35. The van der Waals surface area contributed by atoms with E-state index in [9.17, 15) is 4.79 Å². The third-order valence-electron chi connectivity index (χ3n) is 3.75. The fourth-order valence-corrected chi connectivity index (χ4v) is 2.82. The van der Waals surface area contributed by atoms with Crippen molar-refractivity contribution in [2.75, 3.05) is 18.1 Å². The first-order chi connectivity index (χ1) is 10.6. The summed E-state index contributed by atoms with van der Waals surface area (Å²) in [7, 11) is 1.78. The first-order valence-electron chi connectivity index (χ1n) is 6.76. The number of carbonyl (C=O) groups is 1. The Morgan fingerprint density at radius 1 is 1.45 bits per heavy atom. The number of nitrogen functional groups attached to an aromatic ring is 1. The molecule has 1 aliphatic heterocycles. The Kier molecular flexibility index (Phi) is 3.81. The number of likely N-dealkylation sites (N-methyl/N-ethyl adjacent to an activating group) is 1. The van der Waals surface area contributed by atoms with Crippen LogP contribution >= 0.6 is 11.6 Å². The zero-order valence-corrected chi connectivity index (χ0v) is 12.7. The van der Waals surface area contributed by atoms with Crippen LogP contribution in [0.15, 0.2) is 30.9 Å². The number of hydrogen-bond donors (Lipinski definition) is 2. The van der Waals surface area contributed by atoms with Gasteiger partial charge in [0.2, 0.25) is 5.91 Å². The Morgan fingerprint density at radius 2 is 2.27 bits per heavy atom. The van der Waals surface area contributed by atoms with Crippen molar-refractivity contribution in [1.82, 2.24) is 19.9 Å². The van der Waals surface area contributed by atoms with Crippen LogP contribution in [0.25, 0.3) is 0 Å². The van der Waals surface area contributed by atoms with Crippen molar-refractivity contribution in [3.05, 3.63) is 41.4 Å². The van der Waals surface area contributed by atoms with Gasteiger partial charge < -0.3 is 16.0 Å². The normalized spacial score (nSPS) is 21.2. The molecule has 1 fully saturated rings. The van der Waals surface area contributed by atoms with Crippen LogP contribution in [0, 0.1) is 0 Å². The molecule has 1 amide bonds. The molecule has 2 aromatic heterocycles. The molecule has 1 aliphatic rings. The van der Waals surface area contributed by atoms with Gasteiger partial charge in [0.15, 0.2) is 5.82 Å². The number of likely N-dealkylation sites (tertiary alicyclic amines) is 1. The van der Waals surface area contributed by atoms with Gasteiger partial charge in [0.1, 0.15) is 17.2 Å². The fourth-order valence-electron chi connectivity index (χ4n) is 2.67. The maximum absolute atomic E-state index is 12.1. The van der Waals surface area contributed by atoms with E-state index in [1.807, 2.05) is 12.1 Å². The Labute approximate surface area is 132 Å². The predicted molar refractivity (Wildman–Crippen MR) is 83.2 cm³/mol. The minimum absolute atomic E-state index is 0.0458. The molecule has 3 N–H and O–H groups in total. The third-order valence-corrected chi connectivity index (χ3v) is 4.12. The van der Waals surface area contributed by atoms with Crippen molar-refractivity contribution in [1.29, 1.82) is 0 Å². The van der Waals surface area contributed by atoms with Crippen molar-refractivity contribution < 1.29 is 4.79 Å². The lowest BCUT2D eigenvalue weighted by molar-refractivity contribution is -0.127. The van der Waals surface area contributed by atoms with Gasteiger partial charge in [-0.1, -0.05) is 17.7 Å². The molecule has 22 heavy (non-hydrogen) atoms. The summed E-state index contributed by atoms with van der Waals surface area (Å²) in [5, 5.41) is 3.46. The SMILES string of the molecule is CN1C(=O)C[C@@H](Nc2ncnc(N)c2Cl)[C@@H]1c1cccnc1. The van der Waals surface area contributed by atoms with E-state index < -0.39 is 0 Å². The highest BCUT2D eigenvalue weighted by Crippen LogP contribution is 2.35. The van der Waals surface area contributed by atoms with E-state index in [1.165, 1.54) is 6.33 Å². The van der Waals surface area contributed by atoms with Gasteiger partial charge in [-0.2, -0.15) is 0 Å². The molecule has 0 aliphatic carbocycles. The Hall–Kier alpha value is -2.41. The number of rotatable bonds is 3. The summed E-state index contributed by atoms with van der Waals surface area (Å²) in [4.78, 5) is 25.8. The molecule has 0 bridgehead atoms. The summed E-state index contributed by atoms with van der Waals surface area (Å²) in [6, 6.07) is 3.47. The largest absolute Gasteiger partial charge is 0.382 e. The molecule has 0 radical (unpaired) electrons. The van der Waals surface area contributed by atoms with Gasteiger partial charge in [-0.15, -0.1) is 0 Å². The quantitative estimate of drug-likeness (QED) is 0.890. The fraction of sp³-hybridized carbons (Fsp3) is 0.286. The van der Waals surface area contributed by atoms with Crippen LogP contribution in [-0.4, -0.2) is 38.8 Å². The monoisotopic (exact) mass is 318 g/mol. The molecular formula is C14H15ClN6O. The minimum atomic E-state index is -0.173. The zero-order valence-electron chi connectivity index (χ0n) is 11.9. The second-order valence-corrected chi connectivity index (χ2v) is 5.49. The van der Waals surface area contributed by atoms with Crippen molar-refractivity contribution in [2.45, 2.75) is 18.5 Å². The van der Waals surface area contributed by atoms with Crippen LogP contribution in [-0.2, 0) is 4.79 Å². The number of pyridine rings is 1. The van der Waals surface area contributed by atoms with Crippen molar-refractivity contribution in [3.63, 3.8) is 0 Å². The van der Waals surface area contributed by atoms with Gasteiger partial charge in [-0.25, -0.2) is 9.97 Å². The van der Waals surface area contributed by atoms with Gasteiger partial charge >= 0.3 is 0 Å². The Bertz CT molecular complexity index is 695. The average Bonchev–Trinajstić information content (AvgIpc) is 2.79. The van der Waals surface area contributed by atoms with E-state index in [4.69, 9.17) is 17.3 Å². The first-order valence-corrected chi connectivity index (χ1v) is 7.14. The lowest BCUT2D eigenvalue weighted by Crippen LogP contribution is -2.30. The molecule has 2 aromatic rings. The van der Waals surface area contributed by atoms with Crippen LogP contribution in [0.1, 0.15) is 18.0 Å². The van der Waals surface area contributed by atoms with Crippen molar-refractivity contribution in [2.24, 2.45) is 0 Å². The number of hydrogen-bond acceptors (Lipinski definition) is 6. The van der Waals surface area contributed by atoms with Gasteiger partial charge in [0, 0.05) is 25.9 Å². The molecule has 0 aromatic carbocycles. The smallest absolute Gasteiger partial charge is 0.225 e. The lowest BCUT2D eigenvalue weighted by atomic mass is 10.0. The van der Waals surface area contributed by atoms with Gasteiger partial charge in [-0.05, 0) is 11.6 Å². The molecule has 8 heteroatoms. The molecule has 114 valence electrons. The number of halogens is 1. The highest BCUT2D eigenvalue weighted by Gasteiger charge is 2.39. The molecule has 0 spiro atoms. The summed E-state index contributed by atoms with van der Waals surface area (Å²) in [5.74, 6) is 0.676. The van der Waals surface area contributed by atoms with E-state index in [0.717, 1.165) is 5.56 Å². The molecule has 3 heterocycles. The molecule has 0 unspecified atom stereocenters.